The quantitative estimate of drug-likeness (QED) is 0.457. The van der Waals surface area contributed by atoms with E-state index in [-0.39, 0.29) is 0 Å². The molecule has 0 spiro atoms. The van der Waals surface area contributed by atoms with Crippen LogP contribution in [0.3, 0.4) is 0 Å². The van der Waals surface area contributed by atoms with Crippen LogP contribution in [0.4, 0.5) is 0 Å². The van der Waals surface area contributed by atoms with E-state index in [1.54, 1.807) is 19.6 Å². The monoisotopic (exact) mass is 417 g/mol. The average Bonchev–Trinajstić information content (AvgIpc) is 3.36. The van der Waals surface area contributed by atoms with Crippen molar-refractivity contribution in [2.45, 2.75) is 38.9 Å². The molecule has 3 aromatic rings. The number of aromatic nitrogens is 3. The Morgan fingerprint density at radius 3 is 2.39 bits per heavy atom. The summed E-state index contributed by atoms with van der Waals surface area (Å²) in [5.74, 6) is 1.63. The Morgan fingerprint density at radius 2 is 1.68 bits per heavy atom. The zero-order valence-electron chi connectivity index (χ0n) is 18.2. The highest BCUT2D eigenvalue weighted by Gasteiger charge is 2.10. The fourth-order valence-corrected chi connectivity index (χ4v) is 3.84. The molecule has 1 saturated heterocycles. The van der Waals surface area contributed by atoms with E-state index in [0.717, 1.165) is 30.4 Å². The van der Waals surface area contributed by atoms with E-state index in [2.05, 4.69) is 54.8 Å². The number of hydrogen-bond acceptors (Lipinski definition) is 4. The van der Waals surface area contributed by atoms with Crippen LogP contribution >= 0.6 is 0 Å². The van der Waals surface area contributed by atoms with Gasteiger partial charge in [-0.1, -0.05) is 30.7 Å². The van der Waals surface area contributed by atoms with Crippen molar-refractivity contribution in [1.29, 1.82) is 0 Å². The Hall–Kier alpha value is -3.19. The number of nitrogens with one attached hydrogen (secondary N) is 2. The lowest BCUT2D eigenvalue weighted by atomic mass is 10.1. The molecule has 7 nitrogen and oxygen atoms in total. The predicted octanol–water partition coefficient (Wildman–Crippen LogP) is 3.12. The van der Waals surface area contributed by atoms with E-state index in [0.29, 0.717) is 6.54 Å². The highest BCUT2D eigenvalue weighted by Crippen LogP contribution is 2.13. The van der Waals surface area contributed by atoms with Gasteiger partial charge in [0, 0.05) is 45.3 Å². The molecule has 3 heterocycles. The minimum absolute atomic E-state index is 0.665. The molecule has 1 aliphatic heterocycles. The van der Waals surface area contributed by atoms with Crippen LogP contribution in [0.25, 0.3) is 5.82 Å². The molecular formula is C24H31N7. The summed E-state index contributed by atoms with van der Waals surface area (Å²) in [6, 6.07) is 13.0. The van der Waals surface area contributed by atoms with E-state index >= 15 is 0 Å². The lowest BCUT2D eigenvalue weighted by Crippen LogP contribution is -2.36. The summed E-state index contributed by atoms with van der Waals surface area (Å²) in [5, 5.41) is 6.77. The average molecular weight is 418 g/mol. The van der Waals surface area contributed by atoms with Gasteiger partial charge in [-0.25, -0.2) is 9.97 Å². The summed E-state index contributed by atoms with van der Waals surface area (Å²) in [6.07, 6.45) is 11.2. The SMILES string of the molecule is CN=C(NCc1ccc(CN2CCCCC2)cc1)NCc1ccnc(-n2ccnc2)c1. The molecule has 7 heteroatoms. The summed E-state index contributed by atoms with van der Waals surface area (Å²) in [4.78, 5) is 15.4. The third-order valence-electron chi connectivity index (χ3n) is 5.60. The summed E-state index contributed by atoms with van der Waals surface area (Å²) >= 11 is 0. The van der Waals surface area contributed by atoms with Gasteiger partial charge < -0.3 is 10.6 Å². The van der Waals surface area contributed by atoms with Gasteiger partial charge in [0.15, 0.2) is 5.96 Å². The maximum Gasteiger partial charge on any atom is 0.191 e. The minimum atomic E-state index is 0.665. The van der Waals surface area contributed by atoms with Crippen molar-refractivity contribution < 1.29 is 0 Å². The molecular weight excluding hydrogens is 386 g/mol. The van der Waals surface area contributed by atoms with Crippen molar-refractivity contribution >= 4 is 5.96 Å². The molecule has 162 valence electrons. The molecule has 0 radical (unpaired) electrons. The second kappa shape index (κ2) is 10.7. The molecule has 0 amide bonds. The van der Waals surface area contributed by atoms with Crippen LogP contribution in [0.5, 0.6) is 0 Å². The normalized spacial score (nSPS) is 15.1. The molecule has 0 bridgehead atoms. The Morgan fingerprint density at radius 1 is 0.935 bits per heavy atom. The topological polar surface area (TPSA) is 70.4 Å². The van der Waals surface area contributed by atoms with Gasteiger partial charge in [0.25, 0.3) is 0 Å². The maximum atomic E-state index is 4.40. The molecule has 0 atom stereocenters. The zero-order chi connectivity index (χ0) is 21.3. The Labute approximate surface area is 184 Å². The number of piperidine rings is 1. The van der Waals surface area contributed by atoms with Gasteiger partial charge in [-0.05, 0) is 54.8 Å². The van der Waals surface area contributed by atoms with Crippen molar-refractivity contribution in [1.82, 2.24) is 30.1 Å². The van der Waals surface area contributed by atoms with Gasteiger partial charge in [-0.3, -0.25) is 14.5 Å². The predicted molar refractivity (Wildman–Crippen MR) is 124 cm³/mol. The maximum absolute atomic E-state index is 4.40. The van der Waals surface area contributed by atoms with Crippen molar-refractivity contribution in [3.63, 3.8) is 0 Å². The fourth-order valence-electron chi connectivity index (χ4n) is 3.84. The standard InChI is InChI=1S/C24H31N7/c1-25-24(29-17-22-9-10-27-23(15-22)31-14-11-26-19-31)28-16-20-5-7-21(8-6-20)18-30-12-3-2-4-13-30/h5-11,14-15,19H,2-4,12-13,16-18H2,1H3,(H2,25,28,29). The number of aliphatic imine (C=N–C) groups is 1. The number of guanidine groups is 1. The van der Waals surface area contributed by atoms with Gasteiger partial charge in [-0.15, -0.1) is 0 Å². The van der Waals surface area contributed by atoms with Crippen LogP contribution in [0.15, 0.2) is 66.3 Å². The van der Waals surface area contributed by atoms with Gasteiger partial charge >= 0.3 is 0 Å². The lowest BCUT2D eigenvalue weighted by molar-refractivity contribution is 0.221. The first-order valence-corrected chi connectivity index (χ1v) is 11.0. The zero-order valence-corrected chi connectivity index (χ0v) is 18.2. The second-order valence-corrected chi connectivity index (χ2v) is 7.92. The number of pyridine rings is 1. The summed E-state index contributed by atoms with van der Waals surface area (Å²) < 4.78 is 1.89. The molecule has 1 fully saturated rings. The molecule has 2 aromatic heterocycles. The number of likely N-dealkylation sites (tertiary alicyclic amines) is 1. The second-order valence-electron chi connectivity index (χ2n) is 7.92. The number of nitrogens with zero attached hydrogens (tertiary/aromatic N) is 5. The van der Waals surface area contributed by atoms with Crippen LogP contribution in [0.2, 0.25) is 0 Å². The van der Waals surface area contributed by atoms with Crippen molar-refractivity contribution in [3.05, 3.63) is 78.0 Å². The molecule has 0 unspecified atom stereocenters. The minimum Gasteiger partial charge on any atom is -0.352 e. The molecule has 2 N–H and O–H groups in total. The molecule has 1 aromatic carbocycles. The van der Waals surface area contributed by atoms with Crippen molar-refractivity contribution in [3.8, 4) is 5.82 Å². The Balaban J connectivity index is 1.25. The first-order valence-electron chi connectivity index (χ1n) is 11.0. The van der Waals surface area contributed by atoms with E-state index in [1.165, 1.54) is 43.5 Å². The van der Waals surface area contributed by atoms with Crippen LogP contribution in [0, 0.1) is 0 Å². The van der Waals surface area contributed by atoms with Crippen molar-refractivity contribution in [2.24, 2.45) is 4.99 Å². The number of benzene rings is 1. The van der Waals surface area contributed by atoms with Gasteiger partial charge in [0.2, 0.25) is 0 Å². The summed E-state index contributed by atoms with van der Waals surface area (Å²) in [5.41, 5.74) is 3.76. The van der Waals surface area contributed by atoms with E-state index in [9.17, 15) is 0 Å². The summed E-state index contributed by atoms with van der Waals surface area (Å²) in [6.45, 7) is 4.92. The Kier molecular flexibility index (Phi) is 7.28. The van der Waals surface area contributed by atoms with E-state index in [1.807, 2.05) is 29.1 Å². The number of hydrogen-bond donors (Lipinski definition) is 2. The third kappa shape index (κ3) is 6.15. The van der Waals surface area contributed by atoms with Crippen LogP contribution < -0.4 is 10.6 Å². The Bertz CT molecular complexity index is 958. The molecule has 31 heavy (non-hydrogen) atoms. The van der Waals surface area contributed by atoms with Crippen LogP contribution in [-0.4, -0.2) is 45.5 Å². The fraction of sp³-hybridized carbons (Fsp3) is 0.375. The van der Waals surface area contributed by atoms with Crippen LogP contribution in [0.1, 0.15) is 36.0 Å². The smallest absolute Gasteiger partial charge is 0.191 e. The lowest BCUT2D eigenvalue weighted by Gasteiger charge is -2.26. The molecule has 0 aliphatic carbocycles. The molecule has 0 saturated carbocycles. The number of imidazole rings is 1. The molecule has 1 aliphatic rings. The highest BCUT2D eigenvalue weighted by molar-refractivity contribution is 5.79. The highest BCUT2D eigenvalue weighted by atomic mass is 15.2. The van der Waals surface area contributed by atoms with Gasteiger partial charge in [0.1, 0.15) is 12.1 Å². The summed E-state index contributed by atoms with van der Waals surface area (Å²) in [7, 11) is 1.79. The largest absolute Gasteiger partial charge is 0.352 e. The van der Waals surface area contributed by atoms with E-state index in [4.69, 9.17) is 0 Å². The third-order valence-corrected chi connectivity index (χ3v) is 5.60. The van der Waals surface area contributed by atoms with Crippen LogP contribution in [-0.2, 0) is 19.6 Å². The van der Waals surface area contributed by atoms with Gasteiger partial charge in [-0.2, -0.15) is 0 Å². The van der Waals surface area contributed by atoms with Crippen molar-refractivity contribution in [2.75, 3.05) is 20.1 Å². The molecule has 4 rings (SSSR count). The first kappa shape index (κ1) is 21.1. The first-order chi connectivity index (χ1) is 15.3. The number of rotatable bonds is 7. The van der Waals surface area contributed by atoms with Gasteiger partial charge in [0.05, 0.1) is 0 Å². The van der Waals surface area contributed by atoms with E-state index < -0.39 is 0 Å².